The number of benzene rings is 1. The number of anilines is 1. The van der Waals surface area contributed by atoms with Crippen LogP contribution in [0, 0.1) is 0 Å². The van der Waals surface area contributed by atoms with Crippen molar-refractivity contribution in [1.82, 2.24) is 0 Å². The van der Waals surface area contributed by atoms with Gasteiger partial charge in [-0.15, -0.1) is 0 Å². The molecular weight excluding hydrogens is 306 g/mol. The minimum absolute atomic E-state index is 0.236. The van der Waals surface area contributed by atoms with Crippen molar-refractivity contribution in [2.75, 3.05) is 32.2 Å². The molecule has 2 heterocycles. The maximum Gasteiger partial charge on any atom is 0.185 e. The average Bonchev–Trinajstić information content (AvgIpc) is 3.09. The fraction of sp³-hybridized carbons (Fsp3) is 0.684. The van der Waals surface area contributed by atoms with Crippen LogP contribution in [0.4, 0.5) is 5.69 Å². The molecule has 3 rings (SSSR count). The van der Waals surface area contributed by atoms with E-state index in [1.54, 1.807) is 7.11 Å². The zero-order valence-corrected chi connectivity index (χ0v) is 15.3. The Morgan fingerprint density at radius 1 is 1.17 bits per heavy atom. The molecule has 1 aromatic carbocycles. The third kappa shape index (κ3) is 3.31. The van der Waals surface area contributed by atoms with Crippen LogP contribution in [0.2, 0.25) is 0 Å². The molecule has 0 aromatic heterocycles. The molecule has 0 radical (unpaired) electrons. The summed E-state index contributed by atoms with van der Waals surface area (Å²) in [7, 11) is 1.75. The molecule has 1 aromatic rings. The largest absolute Gasteiger partial charge is 0.382 e. The fourth-order valence-corrected chi connectivity index (χ4v) is 3.00. The topological polar surface area (TPSA) is 49.0 Å². The summed E-state index contributed by atoms with van der Waals surface area (Å²) in [6, 6.07) is 8.20. The highest BCUT2D eigenvalue weighted by atomic mass is 16.7. The molecule has 2 aliphatic rings. The highest BCUT2D eigenvalue weighted by Crippen LogP contribution is 2.44. The second kappa shape index (κ2) is 6.30. The van der Waals surface area contributed by atoms with E-state index in [4.69, 9.17) is 18.9 Å². The second-order valence-corrected chi connectivity index (χ2v) is 7.76. The van der Waals surface area contributed by atoms with Crippen LogP contribution in [0.25, 0.3) is 0 Å². The highest BCUT2D eigenvalue weighted by molar-refractivity contribution is 5.46. The highest BCUT2D eigenvalue weighted by Gasteiger charge is 2.49. The Balaban J connectivity index is 1.69. The van der Waals surface area contributed by atoms with Crippen molar-refractivity contribution >= 4 is 5.69 Å². The van der Waals surface area contributed by atoms with Gasteiger partial charge in [-0.05, 0) is 39.8 Å². The second-order valence-electron chi connectivity index (χ2n) is 7.76. The summed E-state index contributed by atoms with van der Waals surface area (Å²) < 4.78 is 23.4. The maximum absolute atomic E-state index is 6.13. The molecule has 0 aliphatic carbocycles. The van der Waals surface area contributed by atoms with E-state index in [-0.39, 0.29) is 23.1 Å². The molecule has 0 spiro atoms. The molecule has 1 unspecified atom stereocenters. The summed E-state index contributed by atoms with van der Waals surface area (Å²) in [5, 5.41) is 3.47. The summed E-state index contributed by atoms with van der Waals surface area (Å²) in [4.78, 5) is 0. The van der Waals surface area contributed by atoms with Crippen LogP contribution in [-0.2, 0) is 18.9 Å². The van der Waals surface area contributed by atoms with Crippen molar-refractivity contribution in [3.05, 3.63) is 29.8 Å². The first-order valence-corrected chi connectivity index (χ1v) is 8.59. The van der Waals surface area contributed by atoms with Crippen LogP contribution in [0.5, 0.6) is 0 Å². The molecule has 2 saturated heterocycles. The lowest BCUT2D eigenvalue weighted by atomic mass is 9.90. The SMILES string of the molecule is COC1(CNc2cccc(C3OC(C)(C)C(C)(C)O3)c2)CCOC1. The molecule has 2 fully saturated rings. The normalized spacial score (nSPS) is 29.0. The molecule has 134 valence electrons. The van der Waals surface area contributed by atoms with E-state index in [9.17, 15) is 0 Å². The third-order valence-electron chi connectivity index (χ3n) is 5.53. The van der Waals surface area contributed by atoms with Crippen LogP contribution >= 0.6 is 0 Å². The summed E-state index contributed by atoms with van der Waals surface area (Å²) in [6.45, 7) is 10.4. The van der Waals surface area contributed by atoms with Gasteiger partial charge in [-0.25, -0.2) is 0 Å². The predicted octanol–water partition coefficient (Wildman–Crippen LogP) is 3.51. The van der Waals surface area contributed by atoms with Crippen molar-refractivity contribution in [3.63, 3.8) is 0 Å². The van der Waals surface area contributed by atoms with Gasteiger partial charge in [0.15, 0.2) is 6.29 Å². The number of hydrogen-bond donors (Lipinski definition) is 1. The van der Waals surface area contributed by atoms with E-state index in [0.717, 1.165) is 30.8 Å². The van der Waals surface area contributed by atoms with Gasteiger partial charge in [-0.3, -0.25) is 0 Å². The third-order valence-corrected chi connectivity index (χ3v) is 5.53. The van der Waals surface area contributed by atoms with Gasteiger partial charge >= 0.3 is 0 Å². The van der Waals surface area contributed by atoms with Crippen molar-refractivity contribution in [3.8, 4) is 0 Å². The van der Waals surface area contributed by atoms with Crippen LogP contribution < -0.4 is 5.32 Å². The smallest absolute Gasteiger partial charge is 0.185 e. The maximum atomic E-state index is 6.13. The Kier molecular flexibility index (Phi) is 4.64. The van der Waals surface area contributed by atoms with Gasteiger partial charge < -0.3 is 24.3 Å². The van der Waals surface area contributed by atoms with Gasteiger partial charge in [0, 0.05) is 37.9 Å². The van der Waals surface area contributed by atoms with Gasteiger partial charge in [-0.1, -0.05) is 12.1 Å². The molecule has 2 aliphatic heterocycles. The van der Waals surface area contributed by atoms with Crippen LogP contribution in [-0.4, -0.2) is 43.7 Å². The first-order valence-electron chi connectivity index (χ1n) is 8.59. The summed E-state index contributed by atoms with van der Waals surface area (Å²) in [5.74, 6) is 0. The minimum atomic E-state index is -0.344. The van der Waals surface area contributed by atoms with E-state index in [1.165, 1.54) is 0 Å². The van der Waals surface area contributed by atoms with Crippen molar-refractivity contribution in [1.29, 1.82) is 0 Å². The van der Waals surface area contributed by atoms with E-state index >= 15 is 0 Å². The van der Waals surface area contributed by atoms with Crippen molar-refractivity contribution in [2.45, 2.75) is 57.2 Å². The molecule has 1 N–H and O–H groups in total. The zero-order chi connectivity index (χ0) is 17.4. The van der Waals surface area contributed by atoms with Crippen LogP contribution in [0.3, 0.4) is 0 Å². The van der Waals surface area contributed by atoms with E-state index in [2.05, 4.69) is 39.1 Å². The van der Waals surface area contributed by atoms with Gasteiger partial charge in [0.1, 0.15) is 5.60 Å². The summed E-state index contributed by atoms with van der Waals surface area (Å²) >= 11 is 0. The van der Waals surface area contributed by atoms with Gasteiger partial charge in [0.25, 0.3) is 0 Å². The van der Waals surface area contributed by atoms with Gasteiger partial charge in [-0.2, -0.15) is 0 Å². The van der Waals surface area contributed by atoms with Gasteiger partial charge in [0.05, 0.1) is 17.8 Å². The number of ether oxygens (including phenoxy) is 4. The first-order chi connectivity index (χ1) is 11.3. The predicted molar refractivity (Wildman–Crippen MR) is 93.2 cm³/mol. The molecule has 0 amide bonds. The molecule has 0 bridgehead atoms. The summed E-state index contributed by atoms with van der Waals surface area (Å²) in [6.07, 6.45) is 0.566. The monoisotopic (exact) mass is 335 g/mol. The van der Waals surface area contributed by atoms with Gasteiger partial charge in [0.2, 0.25) is 0 Å². The lowest BCUT2D eigenvalue weighted by Gasteiger charge is -2.30. The zero-order valence-electron chi connectivity index (χ0n) is 15.3. The summed E-state index contributed by atoms with van der Waals surface area (Å²) in [5.41, 5.74) is 1.16. The van der Waals surface area contributed by atoms with E-state index in [1.807, 2.05) is 18.2 Å². The Labute approximate surface area is 144 Å². The lowest BCUT2D eigenvalue weighted by Crippen LogP contribution is -2.41. The molecule has 24 heavy (non-hydrogen) atoms. The van der Waals surface area contributed by atoms with E-state index in [0.29, 0.717) is 6.61 Å². The molecule has 5 heteroatoms. The Morgan fingerprint density at radius 2 is 1.88 bits per heavy atom. The Bertz CT molecular complexity index is 562. The number of nitrogens with one attached hydrogen (secondary N) is 1. The standard InChI is InChI=1S/C19H29NO4/c1-17(2)18(3,4)24-16(23-17)14-7-6-8-15(11-14)20-12-19(21-5)9-10-22-13-19/h6-8,11,16,20H,9-10,12-13H2,1-5H3. The van der Waals surface area contributed by atoms with Crippen molar-refractivity contribution < 1.29 is 18.9 Å². The number of methoxy groups -OCH3 is 1. The lowest BCUT2D eigenvalue weighted by molar-refractivity contribution is -0.0895. The number of rotatable bonds is 5. The molecule has 0 saturated carbocycles. The molecule has 5 nitrogen and oxygen atoms in total. The van der Waals surface area contributed by atoms with Crippen LogP contribution in [0.15, 0.2) is 24.3 Å². The molecule has 1 atom stereocenters. The Morgan fingerprint density at radius 3 is 2.46 bits per heavy atom. The Hall–Kier alpha value is -1.14. The first kappa shape index (κ1) is 17.7. The average molecular weight is 335 g/mol. The molecular formula is C19H29NO4. The van der Waals surface area contributed by atoms with E-state index < -0.39 is 0 Å². The quantitative estimate of drug-likeness (QED) is 0.892. The number of hydrogen-bond acceptors (Lipinski definition) is 5. The fourth-order valence-electron chi connectivity index (χ4n) is 3.00. The van der Waals surface area contributed by atoms with Crippen molar-refractivity contribution in [2.24, 2.45) is 0 Å². The minimum Gasteiger partial charge on any atom is -0.382 e. The van der Waals surface area contributed by atoms with Crippen LogP contribution in [0.1, 0.15) is 46.0 Å².